The van der Waals surface area contributed by atoms with Crippen LogP contribution in [-0.2, 0) is 6.18 Å². The maximum Gasteiger partial charge on any atom is 0.416 e. The van der Waals surface area contributed by atoms with Crippen molar-refractivity contribution in [2.24, 2.45) is 0 Å². The second kappa shape index (κ2) is 6.91. The van der Waals surface area contributed by atoms with E-state index in [1.54, 1.807) is 6.08 Å². The average Bonchev–Trinajstić information content (AvgIpc) is 2.53. The number of rotatable bonds is 5. The standard InChI is InChI=1S/C15H13F3N4O/c1-2-6-19-13-9-20-12(8-21-13)14(23)22-11-5-3-4-10(7-11)15(16,17)18/h2-5,7-9H,1,6H2,(H,19,21)(H,22,23). The molecule has 0 spiro atoms. The minimum atomic E-state index is -4.47. The fourth-order valence-corrected chi connectivity index (χ4v) is 1.68. The summed E-state index contributed by atoms with van der Waals surface area (Å²) in [6.07, 6.45) is -0.256. The van der Waals surface area contributed by atoms with Crippen LogP contribution < -0.4 is 10.6 Å². The second-order valence-electron chi connectivity index (χ2n) is 4.49. The van der Waals surface area contributed by atoms with Gasteiger partial charge in [-0.2, -0.15) is 13.2 Å². The first kappa shape index (κ1) is 16.5. The summed E-state index contributed by atoms with van der Waals surface area (Å²) in [4.78, 5) is 19.8. The lowest BCUT2D eigenvalue weighted by atomic mass is 10.2. The fourth-order valence-electron chi connectivity index (χ4n) is 1.68. The summed E-state index contributed by atoms with van der Waals surface area (Å²) in [5.41, 5.74) is -0.822. The van der Waals surface area contributed by atoms with E-state index in [0.29, 0.717) is 12.4 Å². The van der Waals surface area contributed by atoms with Gasteiger partial charge in [-0.05, 0) is 18.2 Å². The highest BCUT2D eigenvalue weighted by molar-refractivity contribution is 6.02. The lowest BCUT2D eigenvalue weighted by molar-refractivity contribution is -0.137. The highest BCUT2D eigenvalue weighted by Gasteiger charge is 2.30. The molecule has 1 heterocycles. The molecule has 0 radical (unpaired) electrons. The van der Waals surface area contributed by atoms with Gasteiger partial charge in [-0.1, -0.05) is 12.1 Å². The number of anilines is 2. The minimum Gasteiger partial charge on any atom is -0.365 e. The highest BCUT2D eigenvalue weighted by atomic mass is 19.4. The predicted molar refractivity (Wildman–Crippen MR) is 80.1 cm³/mol. The maximum absolute atomic E-state index is 12.6. The zero-order chi connectivity index (χ0) is 16.9. The smallest absolute Gasteiger partial charge is 0.365 e. The lowest BCUT2D eigenvalue weighted by Gasteiger charge is -2.09. The molecule has 1 aromatic heterocycles. The molecule has 23 heavy (non-hydrogen) atoms. The van der Waals surface area contributed by atoms with Gasteiger partial charge >= 0.3 is 6.18 Å². The third-order valence-corrected chi connectivity index (χ3v) is 2.76. The van der Waals surface area contributed by atoms with Crippen LogP contribution in [0.3, 0.4) is 0 Å². The Morgan fingerprint density at radius 3 is 2.65 bits per heavy atom. The zero-order valence-corrected chi connectivity index (χ0v) is 11.9. The van der Waals surface area contributed by atoms with E-state index in [0.717, 1.165) is 12.1 Å². The molecule has 0 unspecified atom stereocenters. The van der Waals surface area contributed by atoms with E-state index >= 15 is 0 Å². The van der Waals surface area contributed by atoms with Crippen molar-refractivity contribution in [1.29, 1.82) is 0 Å². The van der Waals surface area contributed by atoms with Crippen LogP contribution >= 0.6 is 0 Å². The first-order valence-corrected chi connectivity index (χ1v) is 6.55. The Balaban J connectivity index is 2.08. The van der Waals surface area contributed by atoms with Crippen LogP contribution in [0.2, 0.25) is 0 Å². The average molecular weight is 322 g/mol. The fraction of sp³-hybridized carbons (Fsp3) is 0.133. The molecule has 0 fully saturated rings. The molecular formula is C15H13F3N4O. The normalized spacial score (nSPS) is 10.9. The predicted octanol–water partition coefficient (Wildman–Crippen LogP) is 3.35. The van der Waals surface area contributed by atoms with Gasteiger partial charge in [0.2, 0.25) is 0 Å². The third-order valence-electron chi connectivity index (χ3n) is 2.76. The van der Waals surface area contributed by atoms with Crippen molar-refractivity contribution in [3.8, 4) is 0 Å². The van der Waals surface area contributed by atoms with Crippen LogP contribution in [0.25, 0.3) is 0 Å². The number of hydrogen-bond donors (Lipinski definition) is 2. The van der Waals surface area contributed by atoms with Gasteiger partial charge in [-0.3, -0.25) is 4.79 Å². The molecule has 0 saturated carbocycles. The van der Waals surface area contributed by atoms with Crippen LogP contribution in [0.1, 0.15) is 16.1 Å². The number of amides is 1. The molecule has 0 aliphatic rings. The number of nitrogens with one attached hydrogen (secondary N) is 2. The van der Waals surface area contributed by atoms with Gasteiger partial charge < -0.3 is 10.6 Å². The number of carbonyl (C=O) groups excluding carboxylic acids is 1. The van der Waals surface area contributed by atoms with Crippen LogP contribution in [0.15, 0.2) is 49.3 Å². The molecule has 5 nitrogen and oxygen atoms in total. The monoisotopic (exact) mass is 322 g/mol. The SMILES string of the molecule is C=CCNc1cnc(C(=O)Nc2cccc(C(F)(F)F)c2)cn1. The highest BCUT2D eigenvalue weighted by Crippen LogP contribution is 2.30. The molecule has 2 N–H and O–H groups in total. The van der Waals surface area contributed by atoms with Crippen LogP contribution in [0.4, 0.5) is 24.7 Å². The Morgan fingerprint density at radius 2 is 2.04 bits per heavy atom. The van der Waals surface area contributed by atoms with Gasteiger partial charge in [0.15, 0.2) is 0 Å². The summed E-state index contributed by atoms with van der Waals surface area (Å²) in [7, 11) is 0. The zero-order valence-electron chi connectivity index (χ0n) is 11.9. The number of carbonyl (C=O) groups is 1. The van der Waals surface area contributed by atoms with Crippen molar-refractivity contribution >= 4 is 17.4 Å². The number of nitrogens with zero attached hydrogens (tertiary/aromatic N) is 2. The van der Waals surface area contributed by atoms with Crippen molar-refractivity contribution in [3.05, 3.63) is 60.6 Å². The Morgan fingerprint density at radius 1 is 1.26 bits per heavy atom. The summed E-state index contributed by atoms with van der Waals surface area (Å²) < 4.78 is 37.9. The molecular weight excluding hydrogens is 309 g/mol. The molecule has 0 atom stereocenters. The Kier molecular flexibility index (Phi) is 4.95. The molecule has 1 aromatic carbocycles. The number of aromatic nitrogens is 2. The van der Waals surface area contributed by atoms with Crippen molar-refractivity contribution in [3.63, 3.8) is 0 Å². The van der Waals surface area contributed by atoms with Gasteiger partial charge in [0.1, 0.15) is 11.5 Å². The van der Waals surface area contributed by atoms with Crippen LogP contribution in [0.5, 0.6) is 0 Å². The summed E-state index contributed by atoms with van der Waals surface area (Å²) in [6, 6.07) is 4.36. The van der Waals surface area contributed by atoms with Crippen LogP contribution in [0, 0.1) is 0 Å². The van der Waals surface area contributed by atoms with E-state index < -0.39 is 17.6 Å². The van der Waals surface area contributed by atoms with Crippen molar-refractivity contribution in [2.75, 3.05) is 17.2 Å². The molecule has 2 aromatic rings. The summed E-state index contributed by atoms with van der Waals surface area (Å²) in [5, 5.41) is 5.24. The van der Waals surface area contributed by atoms with Gasteiger partial charge in [0.25, 0.3) is 5.91 Å². The van der Waals surface area contributed by atoms with E-state index in [1.165, 1.54) is 24.5 Å². The Bertz CT molecular complexity index is 699. The van der Waals surface area contributed by atoms with Gasteiger partial charge in [0.05, 0.1) is 18.0 Å². The molecule has 1 amide bonds. The number of hydrogen-bond acceptors (Lipinski definition) is 4. The topological polar surface area (TPSA) is 66.9 Å². The first-order chi connectivity index (χ1) is 10.9. The van der Waals surface area contributed by atoms with E-state index in [9.17, 15) is 18.0 Å². The van der Waals surface area contributed by atoms with Gasteiger partial charge in [-0.15, -0.1) is 6.58 Å². The quantitative estimate of drug-likeness (QED) is 0.829. The molecule has 2 rings (SSSR count). The summed E-state index contributed by atoms with van der Waals surface area (Å²) >= 11 is 0. The molecule has 0 saturated heterocycles. The van der Waals surface area contributed by atoms with Crippen molar-refractivity contribution in [1.82, 2.24) is 9.97 Å². The first-order valence-electron chi connectivity index (χ1n) is 6.55. The largest absolute Gasteiger partial charge is 0.416 e. The van der Waals surface area contributed by atoms with Gasteiger partial charge in [-0.25, -0.2) is 9.97 Å². The third kappa shape index (κ3) is 4.53. The van der Waals surface area contributed by atoms with E-state index in [1.807, 2.05) is 0 Å². The summed E-state index contributed by atoms with van der Waals surface area (Å²) in [6.45, 7) is 4.03. The van der Waals surface area contributed by atoms with E-state index in [2.05, 4.69) is 27.2 Å². The Labute approximate surface area is 130 Å². The Hall–Kier alpha value is -2.90. The summed E-state index contributed by atoms with van der Waals surface area (Å²) in [5.74, 6) is -0.187. The van der Waals surface area contributed by atoms with Gasteiger partial charge in [0, 0.05) is 12.2 Å². The van der Waals surface area contributed by atoms with E-state index in [4.69, 9.17) is 0 Å². The molecule has 0 bridgehead atoms. The second-order valence-corrected chi connectivity index (χ2v) is 4.49. The molecule has 0 aliphatic heterocycles. The molecule has 8 heteroatoms. The molecule has 0 aliphatic carbocycles. The molecule has 120 valence electrons. The van der Waals surface area contributed by atoms with Crippen LogP contribution in [-0.4, -0.2) is 22.4 Å². The van der Waals surface area contributed by atoms with Crippen molar-refractivity contribution in [2.45, 2.75) is 6.18 Å². The van der Waals surface area contributed by atoms with Crippen molar-refractivity contribution < 1.29 is 18.0 Å². The maximum atomic E-state index is 12.6. The number of alkyl halides is 3. The number of benzene rings is 1. The van der Waals surface area contributed by atoms with E-state index in [-0.39, 0.29) is 11.4 Å². The number of halogens is 3. The lowest BCUT2D eigenvalue weighted by Crippen LogP contribution is -2.15. The minimum absolute atomic E-state index is 0.00781.